The van der Waals surface area contributed by atoms with E-state index in [9.17, 15) is 24.4 Å². The molecule has 4 amide bonds. The highest BCUT2D eigenvalue weighted by Gasteiger charge is 2.57. The van der Waals surface area contributed by atoms with E-state index in [0.717, 1.165) is 30.4 Å². The number of hydrogen-bond acceptors (Lipinski definition) is 7. The Kier molecular flexibility index (Phi) is 6.29. The summed E-state index contributed by atoms with van der Waals surface area (Å²) in [5, 5.41) is 12.4. The monoisotopic (exact) mass is 548 g/mol. The third-order valence-corrected chi connectivity index (χ3v) is 9.04. The molecule has 40 heavy (non-hydrogen) atoms. The maximum Gasteiger partial charge on any atom is 0.408 e. The van der Waals surface area contributed by atoms with Gasteiger partial charge in [0.05, 0.1) is 18.2 Å². The van der Waals surface area contributed by atoms with Crippen LogP contribution in [0.4, 0.5) is 4.79 Å². The van der Waals surface area contributed by atoms with Crippen LogP contribution in [-0.2, 0) is 20.7 Å². The topological polar surface area (TPSA) is 149 Å². The number of primary amides is 1. The van der Waals surface area contributed by atoms with Gasteiger partial charge in [0.2, 0.25) is 17.7 Å². The van der Waals surface area contributed by atoms with Gasteiger partial charge in [-0.3, -0.25) is 19.3 Å². The van der Waals surface area contributed by atoms with Gasteiger partial charge in [-0.15, -0.1) is 0 Å². The Morgan fingerprint density at radius 2 is 1.98 bits per heavy atom. The second-order valence-electron chi connectivity index (χ2n) is 12.8. The summed E-state index contributed by atoms with van der Waals surface area (Å²) in [7, 11) is 0. The van der Waals surface area contributed by atoms with Crippen molar-refractivity contribution in [3.8, 4) is 6.07 Å². The minimum Gasteiger partial charge on any atom is -0.444 e. The highest BCUT2D eigenvalue weighted by molar-refractivity contribution is 5.93. The molecule has 2 aliphatic carbocycles. The first-order valence-corrected chi connectivity index (χ1v) is 14.2. The van der Waals surface area contributed by atoms with Crippen molar-refractivity contribution in [3.63, 3.8) is 0 Å². The van der Waals surface area contributed by atoms with Gasteiger partial charge in [-0.25, -0.2) is 4.79 Å². The van der Waals surface area contributed by atoms with E-state index in [0.29, 0.717) is 30.9 Å². The average Bonchev–Trinajstić information content (AvgIpc) is 3.22. The van der Waals surface area contributed by atoms with E-state index in [4.69, 9.17) is 10.5 Å². The molecule has 6 rings (SSSR count). The van der Waals surface area contributed by atoms with Gasteiger partial charge < -0.3 is 25.6 Å². The Bertz CT molecular complexity index is 1320. The summed E-state index contributed by atoms with van der Waals surface area (Å²) in [5.74, 6) is -0.379. The number of nitrogens with two attached hydrogens (primary N) is 1. The fourth-order valence-corrected chi connectivity index (χ4v) is 7.28. The van der Waals surface area contributed by atoms with Crippen LogP contribution in [0.3, 0.4) is 0 Å². The van der Waals surface area contributed by atoms with Crippen LogP contribution >= 0.6 is 0 Å². The Hall–Kier alpha value is -3.65. The van der Waals surface area contributed by atoms with Crippen molar-refractivity contribution in [2.45, 2.75) is 94.7 Å². The number of likely N-dealkylation sites (tertiary alicyclic amines) is 3. The Morgan fingerprint density at radius 1 is 1.20 bits per heavy atom. The van der Waals surface area contributed by atoms with E-state index in [1.165, 1.54) is 0 Å². The molecule has 7 atom stereocenters. The van der Waals surface area contributed by atoms with Gasteiger partial charge >= 0.3 is 6.09 Å². The number of piperidine rings is 1. The molecule has 11 nitrogen and oxygen atoms in total. The maximum absolute atomic E-state index is 13.8. The SMILES string of the molecule is CC(C)(C)OC(=O)NC(CN1C[C@@H]2CC1C(=O)N2C1CCc2cc(C(N)=O)ccc21)C(=O)N1C(C#N)CC2CC21. The molecule has 3 saturated heterocycles. The van der Waals surface area contributed by atoms with Crippen LogP contribution in [0.1, 0.15) is 74.0 Å². The number of hydrogen-bond donors (Lipinski definition) is 2. The molecular weight excluding hydrogens is 512 g/mol. The van der Waals surface area contributed by atoms with Gasteiger partial charge in [-0.05, 0) is 82.1 Å². The van der Waals surface area contributed by atoms with Crippen molar-refractivity contribution in [1.82, 2.24) is 20.0 Å². The lowest BCUT2D eigenvalue weighted by Crippen LogP contribution is -2.59. The van der Waals surface area contributed by atoms with Crippen LogP contribution in [0.15, 0.2) is 18.2 Å². The molecule has 2 bridgehead atoms. The van der Waals surface area contributed by atoms with Gasteiger partial charge in [-0.1, -0.05) is 6.07 Å². The average molecular weight is 549 g/mol. The van der Waals surface area contributed by atoms with Gasteiger partial charge in [-0.2, -0.15) is 5.26 Å². The quantitative estimate of drug-likeness (QED) is 0.547. The van der Waals surface area contributed by atoms with Crippen LogP contribution in [-0.4, -0.2) is 87.4 Å². The van der Waals surface area contributed by atoms with E-state index in [1.807, 2.05) is 21.9 Å². The van der Waals surface area contributed by atoms with E-state index in [2.05, 4.69) is 11.4 Å². The second-order valence-corrected chi connectivity index (χ2v) is 12.8. The number of amides is 4. The predicted octanol–water partition coefficient (Wildman–Crippen LogP) is 1.46. The lowest BCUT2D eigenvalue weighted by Gasteiger charge is -2.39. The first kappa shape index (κ1) is 26.6. The minimum atomic E-state index is -0.926. The number of carbonyl (C=O) groups excluding carboxylic acids is 4. The molecule has 0 aromatic heterocycles. The largest absolute Gasteiger partial charge is 0.444 e. The third-order valence-electron chi connectivity index (χ3n) is 9.04. The minimum absolute atomic E-state index is 0.00648. The third kappa shape index (κ3) is 4.58. The van der Waals surface area contributed by atoms with E-state index in [-0.39, 0.29) is 42.5 Å². The standard InChI is InChI=1S/C29H36N6O5/c1-29(2,3)40-28(39)32-21(26(37)34-18(12-30)9-17-10-23(17)34)14-33-13-19-11-24(33)27(38)35(19)22-7-5-15-8-16(25(31)36)4-6-20(15)22/h4,6,8,17-19,21-24H,5,7,9-11,13-14H2,1-3H3,(H2,31,36)(H,32,39)/t17?,18?,19-,21?,22?,23?,24?/m0/s1. The molecule has 11 heteroatoms. The first-order chi connectivity index (χ1) is 18.9. The van der Waals surface area contributed by atoms with Crippen LogP contribution in [0.25, 0.3) is 0 Å². The Morgan fingerprint density at radius 3 is 2.65 bits per heavy atom. The molecule has 3 aliphatic heterocycles. The summed E-state index contributed by atoms with van der Waals surface area (Å²) in [4.78, 5) is 57.4. The van der Waals surface area contributed by atoms with Gasteiger partial charge in [0.25, 0.3) is 0 Å². The van der Waals surface area contributed by atoms with Crippen molar-refractivity contribution in [3.05, 3.63) is 34.9 Å². The molecular formula is C29H36N6O5. The molecule has 1 saturated carbocycles. The molecule has 3 heterocycles. The number of nitriles is 1. The van der Waals surface area contributed by atoms with Crippen molar-refractivity contribution < 1.29 is 23.9 Å². The highest BCUT2D eigenvalue weighted by atomic mass is 16.6. The molecule has 5 aliphatic rings. The summed E-state index contributed by atoms with van der Waals surface area (Å²) in [6, 6.07) is 5.90. The lowest BCUT2D eigenvalue weighted by atomic mass is 10.0. The summed E-state index contributed by atoms with van der Waals surface area (Å²) in [6.45, 7) is 6.04. The van der Waals surface area contributed by atoms with Crippen molar-refractivity contribution in [2.75, 3.05) is 13.1 Å². The first-order valence-electron chi connectivity index (χ1n) is 14.2. The molecule has 4 fully saturated rings. The highest BCUT2D eigenvalue weighted by Crippen LogP contribution is 2.48. The van der Waals surface area contributed by atoms with E-state index in [1.54, 1.807) is 31.7 Å². The van der Waals surface area contributed by atoms with Crippen LogP contribution in [0.2, 0.25) is 0 Å². The van der Waals surface area contributed by atoms with Crippen molar-refractivity contribution in [1.29, 1.82) is 5.26 Å². The smallest absolute Gasteiger partial charge is 0.408 e. The number of ether oxygens (including phenoxy) is 1. The van der Waals surface area contributed by atoms with Crippen LogP contribution in [0.5, 0.6) is 0 Å². The molecule has 6 unspecified atom stereocenters. The van der Waals surface area contributed by atoms with Crippen molar-refractivity contribution in [2.24, 2.45) is 11.7 Å². The lowest BCUT2D eigenvalue weighted by molar-refractivity contribution is -0.141. The van der Waals surface area contributed by atoms with Gasteiger partial charge in [0.15, 0.2) is 0 Å². The van der Waals surface area contributed by atoms with E-state index >= 15 is 0 Å². The predicted molar refractivity (Wildman–Crippen MR) is 143 cm³/mol. The Labute approximate surface area is 233 Å². The number of benzene rings is 1. The van der Waals surface area contributed by atoms with Crippen molar-refractivity contribution >= 4 is 23.8 Å². The number of alkyl carbamates (subject to hydrolysis) is 1. The van der Waals surface area contributed by atoms with Gasteiger partial charge in [0, 0.05) is 30.7 Å². The summed E-state index contributed by atoms with van der Waals surface area (Å²) >= 11 is 0. The number of carbonyl (C=O) groups is 4. The normalized spacial score (nSPS) is 31.0. The van der Waals surface area contributed by atoms with Crippen LogP contribution < -0.4 is 11.1 Å². The summed E-state index contributed by atoms with van der Waals surface area (Å²) < 4.78 is 5.45. The fourth-order valence-electron chi connectivity index (χ4n) is 7.28. The summed E-state index contributed by atoms with van der Waals surface area (Å²) in [6.07, 6.45) is 3.08. The molecule has 212 valence electrons. The maximum atomic E-state index is 13.8. The van der Waals surface area contributed by atoms with Gasteiger partial charge in [0.1, 0.15) is 17.7 Å². The number of piperazine rings is 1. The molecule has 0 radical (unpaired) electrons. The summed E-state index contributed by atoms with van der Waals surface area (Å²) in [5.41, 5.74) is 7.31. The number of nitrogens with one attached hydrogen (secondary N) is 1. The zero-order valence-corrected chi connectivity index (χ0v) is 23.1. The zero-order valence-electron chi connectivity index (χ0n) is 23.1. The molecule has 1 aromatic carbocycles. The molecule has 3 N–H and O–H groups in total. The number of rotatable bonds is 6. The zero-order chi connectivity index (χ0) is 28.5. The molecule has 0 spiro atoms. The fraction of sp³-hybridized carbons (Fsp3) is 0.621. The number of aryl methyl sites for hydroxylation is 1. The number of fused-ring (bicyclic) bond motifs is 4. The number of nitrogens with zero attached hydrogens (tertiary/aromatic N) is 4. The van der Waals surface area contributed by atoms with E-state index < -0.39 is 29.7 Å². The Balaban J connectivity index is 1.18. The second kappa shape index (κ2) is 9.47. The molecule has 1 aromatic rings. The van der Waals surface area contributed by atoms with Crippen LogP contribution in [0, 0.1) is 17.2 Å².